The molecule has 1 fully saturated rings. The summed E-state index contributed by atoms with van der Waals surface area (Å²) in [5.74, 6) is 1.07. The second kappa shape index (κ2) is 8.90. The molecule has 6 nitrogen and oxygen atoms in total. The summed E-state index contributed by atoms with van der Waals surface area (Å²) in [6.07, 6.45) is 5.80. The van der Waals surface area contributed by atoms with Gasteiger partial charge in [0.2, 0.25) is 0 Å². The minimum atomic E-state index is -0.553. The fourth-order valence-corrected chi connectivity index (χ4v) is 3.39. The van der Waals surface area contributed by atoms with Crippen LogP contribution in [0.2, 0.25) is 0 Å². The Morgan fingerprint density at radius 1 is 1.57 bits per heavy atom. The summed E-state index contributed by atoms with van der Waals surface area (Å²) in [5, 5.41) is 6.91. The highest BCUT2D eigenvalue weighted by Gasteiger charge is 2.43. The van der Waals surface area contributed by atoms with E-state index in [4.69, 9.17) is 10.3 Å². The molecule has 0 aliphatic heterocycles. The molecule has 0 spiro atoms. The van der Waals surface area contributed by atoms with Crippen molar-refractivity contribution in [2.45, 2.75) is 57.9 Å². The summed E-state index contributed by atoms with van der Waals surface area (Å²) >= 11 is 0. The summed E-state index contributed by atoms with van der Waals surface area (Å²) in [7, 11) is 1.46. The summed E-state index contributed by atoms with van der Waals surface area (Å²) in [6, 6.07) is 0. The van der Waals surface area contributed by atoms with Gasteiger partial charge in [-0.2, -0.15) is 0 Å². The number of nitrogens with one attached hydrogen (secondary N) is 1. The Morgan fingerprint density at radius 3 is 2.95 bits per heavy atom. The van der Waals surface area contributed by atoms with E-state index in [0.717, 1.165) is 32.1 Å². The number of esters is 1. The highest BCUT2D eigenvalue weighted by molar-refractivity contribution is 5.81. The smallest absolute Gasteiger partial charge is 0.326 e. The van der Waals surface area contributed by atoms with Gasteiger partial charge in [0.15, 0.2) is 0 Å². The van der Waals surface area contributed by atoms with Crippen molar-refractivity contribution in [3.8, 4) is 0 Å². The van der Waals surface area contributed by atoms with E-state index in [2.05, 4.69) is 29.2 Å². The van der Waals surface area contributed by atoms with Gasteiger partial charge in [-0.15, -0.1) is 0 Å². The zero-order valence-corrected chi connectivity index (χ0v) is 13.5. The van der Waals surface area contributed by atoms with Crippen LogP contribution in [0.1, 0.15) is 52.4 Å². The van der Waals surface area contributed by atoms with Gasteiger partial charge in [0.05, 0.1) is 7.11 Å². The third kappa shape index (κ3) is 5.56. The van der Waals surface area contributed by atoms with Crippen molar-refractivity contribution in [1.82, 2.24) is 5.32 Å². The molecule has 0 radical (unpaired) electrons. The summed E-state index contributed by atoms with van der Waals surface area (Å²) in [6.45, 7) is 5.57. The fraction of sp³-hybridized carbons (Fsp3) is 0.933. The second-order valence-electron chi connectivity index (χ2n) is 6.40. The molecule has 0 amide bonds. The molecule has 6 heteroatoms. The van der Waals surface area contributed by atoms with Crippen LogP contribution in [0.5, 0.6) is 0 Å². The zero-order valence-electron chi connectivity index (χ0n) is 13.5. The Balaban J connectivity index is 2.64. The lowest BCUT2D eigenvalue weighted by atomic mass is 9.73. The van der Waals surface area contributed by atoms with Crippen LogP contribution in [-0.4, -0.2) is 31.7 Å². The molecule has 0 aromatic rings. The first-order chi connectivity index (χ1) is 10.0. The maximum Gasteiger partial charge on any atom is 0.326 e. The van der Waals surface area contributed by atoms with Crippen molar-refractivity contribution in [3.63, 3.8) is 0 Å². The molecule has 0 heterocycles. The number of carbonyl (C=O) groups excluding carboxylic acids is 1. The maximum atomic E-state index is 12.3. The quantitative estimate of drug-likeness (QED) is 0.245. The van der Waals surface area contributed by atoms with Crippen LogP contribution in [0, 0.1) is 11.8 Å². The van der Waals surface area contributed by atoms with E-state index in [1.54, 1.807) is 0 Å². The number of azide groups is 1. The Hall–Kier alpha value is -1.26. The van der Waals surface area contributed by atoms with E-state index >= 15 is 0 Å². The molecule has 0 aromatic heterocycles. The second-order valence-corrected chi connectivity index (χ2v) is 6.40. The number of rotatable bonds is 8. The van der Waals surface area contributed by atoms with Crippen molar-refractivity contribution in [1.29, 1.82) is 0 Å². The molecule has 0 bridgehead atoms. The van der Waals surface area contributed by atoms with Crippen molar-refractivity contribution in [3.05, 3.63) is 10.4 Å². The number of hydrogen-bond acceptors (Lipinski definition) is 4. The van der Waals surface area contributed by atoms with Crippen LogP contribution in [0.3, 0.4) is 0 Å². The van der Waals surface area contributed by atoms with Crippen molar-refractivity contribution < 1.29 is 9.53 Å². The minimum Gasteiger partial charge on any atom is -0.468 e. The number of ether oxygens (including phenoxy) is 1. The van der Waals surface area contributed by atoms with Gasteiger partial charge < -0.3 is 10.1 Å². The Labute approximate surface area is 127 Å². The highest BCUT2D eigenvalue weighted by atomic mass is 16.5. The molecule has 120 valence electrons. The zero-order chi connectivity index (χ0) is 15.7. The average Bonchev–Trinajstić information content (AvgIpc) is 2.45. The van der Waals surface area contributed by atoms with Crippen LogP contribution in [-0.2, 0) is 9.53 Å². The van der Waals surface area contributed by atoms with E-state index in [-0.39, 0.29) is 5.97 Å². The molecule has 1 N–H and O–H groups in total. The lowest BCUT2D eigenvalue weighted by Gasteiger charge is -2.40. The van der Waals surface area contributed by atoms with E-state index in [1.807, 2.05) is 0 Å². The molecule has 1 saturated carbocycles. The summed E-state index contributed by atoms with van der Waals surface area (Å²) in [5.41, 5.74) is 7.72. The fourth-order valence-electron chi connectivity index (χ4n) is 3.39. The van der Waals surface area contributed by atoms with Crippen LogP contribution in [0.15, 0.2) is 5.11 Å². The van der Waals surface area contributed by atoms with Crippen molar-refractivity contribution >= 4 is 5.97 Å². The largest absolute Gasteiger partial charge is 0.468 e. The SMILES string of the molecule is COC(=O)C1(NCCCN=[N+]=[N-])CCCC(CC(C)C)C1. The summed E-state index contributed by atoms with van der Waals surface area (Å²) < 4.78 is 5.04. The van der Waals surface area contributed by atoms with Gasteiger partial charge in [-0.1, -0.05) is 31.8 Å². The van der Waals surface area contributed by atoms with Crippen LogP contribution < -0.4 is 5.32 Å². The molecule has 0 aromatic carbocycles. The number of hydrogen-bond donors (Lipinski definition) is 1. The Bertz CT molecular complexity index is 380. The lowest BCUT2D eigenvalue weighted by molar-refractivity contribution is -0.151. The van der Waals surface area contributed by atoms with Gasteiger partial charge in [-0.25, -0.2) is 0 Å². The third-order valence-corrected chi connectivity index (χ3v) is 4.20. The van der Waals surface area contributed by atoms with Crippen LogP contribution >= 0.6 is 0 Å². The third-order valence-electron chi connectivity index (χ3n) is 4.20. The van der Waals surface area contributed by atoms with Gasteiger partial charge in [0, 0.05) is 11.5 Å². The van der Waals surface area contributed by atoms with E-state index in [0.29, 0.717) is 24.9 Å². The number of methoxy groups -OCH3 is 1. The van der Waals surface area contributed by atoms with Gasteiger partial charge in [-0.3, -0.25) is 4.79 Å². The van der Waals surface area contributed by atoms with E-state index < -0.39 is 5.54 Å². The first-order valence-corrected chi connectivity index (χ1v) is 7.88. The first-order valence-electron chi connectivity index (χ1n) is 7.88. The molecular formula is C15H28N4O2. The number of carbonyl (C=O) groups is 1. The molecule has 1 rings (SSSR count). The molecule has 2 unspecified atom stereocenters. The normalized spacial score (nSPS) is 25.4. The molecule has 1 aliphatic carbocycles. The molecule has 2 atom stereocenters. The molecular weight excluding hydrogens is 268 g/mol. The van der Waals surface area contributed by atoms with Crippen molar-refractivity contribution in [2.24, 2.45) is 17.0 Å². The predicted octanol–water partition coefficient (Wildman–Crippen LogP) is 3.42. The molecule has 0 saturated heterocycles. The Morgan fingerprint density at radius 2 is 2.33 bits per heavy atom. The van der Waals surface area contributed by atoms with Crippen molar-refractivity contribution in [2.75, 3.05) is 20.2 Å². The lowest BCUT2D eigenvalue weighted by Crippen LogP contribution is -2.55. The maximum absolute atomic E-state index is 12.3. The average molecular weight is 296 g/mol. The van der Waals surface area contributed by atoms with Crippen LogP contribution in [0.4, 0.5) is 0 Å². The van der Waals surface area contributed by atoms with E-state index in [9.17, 15) is 4.79 Å². The number of nitrogens with zero attached hydrogens (tertiary/aromatic N) is 3. The van der Waals surface area contributed by atoms with E-state index in [1.165, 1.54) is 13.5 Å². The summed E-state index contributed by atoms with van der Waals surface area (Å²) in [4.78, 5) is 15.0. The topological polar surface area (TPSA) is 87.1 Å². The van der Waals surface area contributed by atoms with Gasteiger partial charge in [-0.05, 0) is 49.6 Å². The van der Waals surface area contributed by atoms with Gasteiger partial charge in [0.1, 0.15) is 5.54 Å². The Kier molecular flexibility index (Phi) is 7.54. The molecule has 1 aliphatic rings. The first kappa shape index (κ1) is 17.8. The monoisotopic (exact) mass is 296 g/mol. The van der Waals surface area contributed by atoms with Crippen LogP contribution in [0.25, 0.3) is 10.4 Å². The standard InChI is InChI=1S/C15H28N4O2/c1-12(2)10-13-6-4-7-15(11-13,14(20)21-3)17-8-5-9-18-19-16/h12-13,17H,4-11H2,1-3H3. The minimum absolute atomic E-state index is 0.153. The highest BCUT2D eigenvalue weighted by Crippen LogP contribution is 2.36. The van der Waals surface area contributed by atoms with Gasteiger partial charge in [0.25, 0.3) is 0 Å². The predicted molar refractivity (Wildman–Crippen MR) is 82.8 cm³/mol. The molecule has 21 heavy (non-hydrogen) atoms. The van der Waals surface area contributed by atoms with Gasteiger partial charge >= 0.3 is 5.97 Å².